The maximum atomic E-state index is 10.5. The van der Waals surface area contributed by atoms with Crippen molar-refractivity contribution in [2.45, 2.75) is 51.2 Å². The first-order valence-electron chi connectivity index (χ1n) is 7.16. The molecule has 1 aromatic rings. The van der Waals surface area contributed by atoms with Gasteiger partial charge in [-0.05, 0) is 36.3 Å². The largest absolute Gasteiger partial charge is 0.487 e. The number of para-hydroxylation sites is 1. The second-order valence-corrected chi connectivity index (χ2v) is 5.99. The van der Waals surface area contributed by atoms with E-state index in [0.29, 0.717) is 5.92 Å². The highest BCUT2D eigenvalue weighted by Crippen LogP contribution is 2.36. The van der Waals surface area contributed by atoms with Gasteiger partial charge >= 0.3 is 0 Å². The maximum absolute atomic E-state index is 10.5. The molecule has 0 saturated heterocycles. The zero-order valence-corrected chi connectivity index (χ0v) is 11.0. The summed E-state index contributed by atoms with van der Waals surface area (Å²) < 4.78 is 5.91. The highest BCUT2D eigenvalue weighted by Gasteiger charge is 2.35. The predicted octanol–water partition coefficient (Wildman–Crippen LogP) is 3.18. The minimum absolute atomic E-state index is 0.0299. The van der Waals surface area contributed by atoms with Crippen molar-refractivity contribution in [3.63, 3.8) is 0 Å². The molecular weight excluding hydrogens is 224 g/mol. The molecule has 1 fully saturated rings. The molecule has 18 heavy (non-hydrogen) atoms. The Bertz CT molecular complexity index is 390. The average molecular weight is 246 g/mol. The Balaban J connectivity index is 1.66. The van der Waals surface area contributed by atoms with Gasteiger partial charge in [0.05, 0.1) is 6.10 Å². The number of aliphatic hydroxyl groups excluding tert-OH is 1. The van der Waals surface area contributed by atoms with Crippen molar-refractivity contribution in [2.75, 3.05) is 0 Å². The summed E-state index contributed by atoms with van der Waals surface area (Å²) in [6, 6.07) is 8.15. The summed E-state index contributed by atoms with van der Waals surface area (Å²) in [4.78, 5) is 0. The Kier molecular flexibility index (Phi) is 3.29. The minimum atomic E-state index is -0.305. The molecule has 1 aromatic carbocycles. The van der Waals surface area contributed by atoms with Crippen LogP contribution in [0.5, 0.6) is 5.75 Å². The fraction of sp³-hybridized carbons (Fsp3) is 0.625. The molecule has 4 unspecified atom stereocenters. The van der Waals surface area contributed by atoms with Gasteiger partial charge in [0.25, 0.3) is 0 Å². The van der Waals surface area contributed by atoms with Crippen molar-refractivity contribution < 1.29 is 9.84 Å². The summed E-state index contributed by atoms with van der Waals surface area (Å²) in [6.07, 6.45) is 5.40. The molecule has 0 spiro atoms. The van der Waals surface area contributed by atoms with Crippen molar-refractivity contribution in [1.29, 1.82) is 0 Å². The van der Waals surface area contributed by atoms with E-state index in [0.717, 1.165) is 30.9 Å². The Morgan fingerprint density at radius 1 is 1.28 bits per heavy atom. The molecular formula is C16H22O2. The standard InChI is InChI=1S/C16H22O2/c1-11-5-4-7-13(9-11)16(17)15-10-12-6-2-3-8-14(12)18-15/h2-3,6,8,11,13,15-17H,4-5,7,9-10H2,1H3. The van der Waals surface area contributed by atoms with E-state index in [2.05, 4.69) is 13.0 Å². The molecule has 1 N–H and O–H groups in total. The van der Waals surface area contributed by atoms with Crippen LogP contribution in [0.2, 0.25) is 0 Å². The molecule has 2 aliphatic rings. The molecule has 0 bridgehead atoms. The number of fused-ring (bicyclic) bond motifs is 1. The zero-order chi connectivity index (χ0) is 12.5. The van der Waals surface area contributed by atoms with E-state index < -0.39 is 0 Å². The van der Waals surface area contributed by atoms with Crippen LogP contribution in [0.4, 0.5) is 0 Å². The third-order valence-electron chi connectivity index (χ3n) is 4.51. The minimum Gasteiger partial charge on any atom is -0.487 e. The number of ether oxygens (including phenoxy) is 1. The Morgan fingerprint density at radius 3 is 2.89 bits per heavy atom. The number of benzene rings is 1. The average Bonchev–Trinajstić information content (AvgIpc) is 2.81. The summed E-state index contributed by atoms with van der Waals surface area (Å²) in [5.41, 5.74) is 1.24. The second kappa shape index (κ2) is 4.93. The molecule has 0 radical (unpaired) electrons. The molecule has 4 atom stereocenters. The van der Waals surface area contributed by atoms with Gasteiger partial charge in [-0.15, -0.1) is 0 Å². The van der Waals surface area contributed by atoms with E-state index in [4.69, 9.17) is 4.74 Å². The molecule has 1 aliphatic heterocycles. The third kappa shape index (κ3) is 2.26. The molecule has 2 nitrogen and oxygen atoms in total. The van der Waals surface area contributed by atoms with Crippen molar-refractivity contribution in [3.05, 3.63) is 29.8 Å². The van der Waals surface area contributed by atoms with E-state index in [9.17, 15) is 5.11 Å². The summed E-state index contributed by atoms with van der Waals surface area (Å²) in [7, 11) is 0. The summed E-state index contributed by atoms with van der Waals surface area (Å²) in [5, 5.41) is 10.5. The highest BCUT2D eigenvalue weighted by molar-refractivity contribution is 5.37. The lowest BCUT2D eigenvalue weighted by atomic mass is 9.78. The Morgan fingerprint density at radius 2 is 2.11 bits per heavy atom. The molecule has 0 amide bonds. The fourth-order valence-corrected chi connectivity index (χ4v) is 3.49. The van der Waals surface area contributed by atoms with Crippen LogP contribution in [0.25, 0.3) is 0 Å². The van der Waals surface area contributed by atoms with E-state index in [1.54, 1.807) is 0 Å². The van der Waals surface area contributed by atoms with Gasteiger partial charge < -0.3 is 9.84 Å². The quantitative estimate of drug-likeness (QED) is 0.868. The van der Waals surface area contributed by atoms with Gasteiger partial charge in [-0.1, -0.05) is 38.0 Å². The lowest BCUT2D eigenvalue weighted by molar-refractivity contribution is -0.0101. The van der Waals surface area contributed by atoms with Crippen molar-refractivity contribution >= 4 is 0 Å². The molecule has 1 saturated carbocycles. The molecule has 1 heterocycles. The summed E-state index contributed by atoms with van der Waals surface area (Å²) >= 11 is 0. The van der Waals surface area contributed by atoms with Crippen LogP contribution >= 0.6 is 0 Å². The smallest absolute Gasteiger partial charge is 0.129 e. The zero-order valence-electron chi connectivity index (χ0n) is 11.0. The van der Waals surface area contributed by atoms with Gasteiger partial charge in [0.1, 0.15) is 11.9 Å². The van der Waals surface area contributed by atoms with Crippen LogP contribution in [-0.2, 0) is 6.42 Å². The number of hydrogen-bond acceptors (Lipinski definition) is 2. The lowest BCUT2D eigenvalue weighted by Crippen LogP contribution is -2.38. The Labute approximate surface area is 109 Å². The first-order valence-corrected chi connectivity index (χ1v) is 7.16. The monoisotopic (exact) mass is 246 g/mol. The molecule has 3 rings (SSSR count). The second-order valence-electron chi connectivity index (χ2n) is 5.99. The van der Waals surface area contributed by atoms with Gasteiger partial charge in [-0.2, -0.15) is 0 Å². The predicted molar refractivity (Wildman–Crippen MR) is 71.7 cm³/mol. The van der Waals surface area contributed by atoms with Crippen molar-refractivity contribution in [1.82, 2.24) is 0 Å². The first kappa shape index (κ1) is 12.0. The third-order valence-corrected chi connectivity index (χ3v) is 4.51. The fourth-order valence-electron chi connectivity index (χ4n) is 3.49. The SMILES string of the molecule is CC1CCCC(C(O)C2Cc3ccccc3O2)C1. The highest BCUT2D eigenvalue weighted by atomic mass is 16.5. The first-order chi connectivity index (χ1) is 8.74. The van der Waals surface area contributed by atoms with Gasteiger partial charge in [-0.25, -0.2) is 0 Å². The number of hydrogen-bond donors (Lipinski definition) is 1. The summed E-state index contributed by atoms with van der Waals surface area (Å²) in [5.74, 6) is 2.14. The topological polar surface area (TPSA) is 29.5 Å². The molecule has 0 aromatic heterocycles. The maximum Gasteiger partial charge on any atom is 0.129 e. The van der Waals surface area contributed by atoms with Crippen LogP contribution < -0.4 is 4.74 Å². The van der Waals surface area contributed by atoms with Gasteiger partial charge in [-0.3, -0.25) is 0 Å². The van der Waals surface area contributed by atoms with E-state index in [-0.39, 0.29) is 12.2 Å². The van der Waals surface area contributed by atoms with Gasteiger partial charge in [0, 0.05) is 6.42 Å². The van der Waals surface area contributed by atoms with Crippen LogP contribution in [0.15, 0.2) is 24.3 Å². The molecule has 98 valence electrons. The van der Waals surface area contributed by atoms with Gasteiger partial charge in [0.2, 0.25) is 0 Å². The van der Waals surface area contributed by atoms with Gasteiger partial charge in [0.15, 0.2) is 0 Å². The van der Waals surface area contributed by atoms with Crippen LogP contribution in [0, 0.1) is 11.8 Å². The van der Waals surface area contributed by atoms with Crippen LogP contribution in [-0.4, -0.2) is 17.3 Å². The van der Waals surface area contributed by atoms with Crippen LogP contribution in [0.1, 0.15) is 38.2 Å². The number of rotatable bonds is 2. The van der Waals surface area contributed by atoms with Crippen molar-refractivity contribution in [2.24, 2.45) is 11.8 Å². The molecule has 2 heteroatoms. The van der Waals surface area contributed by atoms with Crippen LogP contribution in [0.3, 0.4) is 0 Å². The lowest BCUT2D eigenvalue weighted by Gasteiger charge is -2.32. The molecule has 1 aliphatic carbocycles. The number of aliphatic hydroxyl groups is 1. The normalized spacial score (nSPS) is 32.7. The van der Waals surface area contributed by atoms with Crippen molar-refractivity contribution in [3.8, 4) is 5.75 Å². The van der Waals surface area contributed by atoms with E-state index >= 15 is 0 Å². The Hall–Kier alpha value is -1.02. The van der Waals surface area contributed by atoms with E-state index in [1.165, 1.54) is 18.4 Å². The summed E-state index contributed by atoms with van der Waals surface area (Å²) in [6.45, 7) is 2.29. The van der Waals surface area contributed by atoms with E-state index in [1.807, 2.05) is 18.2 Å².